The number of hydrogen-bond acceptors (Lipinski definition) is 2. The van der Waals surface area contributed by atoms with Crippen LogP contribution >= 0.6 is 0 Å². The van der Waals surface area contributed by atoms with E-state index in [2.05, 4.69) is 0 Å². The fourth-order valence-corrected chi connectivity index (χ4v) is 1.04. The van der Waals surface area contributed by atoms with Gasteiger partial charge in [0.1, 0.15) is 11.4 Å². The van der Waals surface area contributed by atoms with Crippen LogP contribution in [0.2, 0.25) is 0 Å². The first kappa shape index (κ1) is 10.7. The van der Waals surface area contributed by atoms with E-state index in [9.17, 15) is 9.18 Å². The number of aliphatic carboxylic acids is 1. The first-order chi connectivity index (χ1) is 6.35. The van der Waals surface area contributed by atoms with Crippen LogP contribution in [0, 0.1) is 12.7 Å². The standard InChI is InChI=1S/C10H12FNO2/c1-6-3-4-7(5-8(6)11)10(2,12)9(13)14/h3-5H,12H2,1-2H3,(H,13,14)/t10-/m1/s1. The monoisotopic (exact) mass is 197 g/mol. The molecule has 3 nitrogen and oxygen atoms in total. The van der Waals surface area contributed by atoms with Gasteiger partial charge >= 0.3 is 5.97 Å². The van der Waals surface area contributed by atoms with Crippen molar-refractivity contribution in [3.05, 3.63) is 35.1 Å². The number of hydrogen-bond donors (Lipinski definition) is 2. The van der Waals surface area contributed by atoms with Gasteiger partial charge in [-0.3, -0.25) is 0 Å². The average molecular weight is 197 g/mol. The van der Waals surface area contributed by atoms with Crippen molar-refractivity contribution >= 4 is 5.97 Å². The fourth-order valence-electron chi connectivity index (χ4n) is 1.04. The fraction of sp³-hybridized carbons (Fsp3) is 0.300. The molecule has 1 rings (SSSR count). The predicted octanol–water partition coefficient (Wildman–Crippen LogP) is 1.39. The van der Waals surface area contributed by atoms with Gasteiger partial charge in [0, 0.05) is 0 Å². The molecule has 0 aromatic heterocycles. The number of carboxylic acids is 1. The van der Waals surface area contributed by atoms with E-state index in [1.165, 1.54) is 19.1 Å². The Bertz CT molecular complexity index is 374. The minimum absolute atomic E-state index is 0.258. The lowest BCUT2D eigenvalue weighted by Crippen LogP contribution is -2.41. The van der Waals surface area contributed by atoms with Crippen LogP contribution in [-0.2, 0) is 10.3 Å². The highest BCUT2D eigenvalue weighted by Crippen LogP contribution is 2.20. The van der Waals surface area contributed by atoms with E-state index in [0.29, 0.717) is 5.56 Å². The van der Waals surface area contributed by atoms with Gasteiger partial charge in [0.15, 0.2) is 0 Å². The minimum atomic E-state index is -1.55. The molecule has 0 bridgehead atoms. The summed E-state index contributed by atoms with van der Waals surface area (Å²) >= 11 is 0. The summed E-state index contributed by atoms with van der Waals surface area (Å²) in [5.41, 5.74) is 4.71. The molecule has 1 aromatic rings. The zero-order valence-corrected chi connectivity index (χ0v) is 8.04. The second-order valence-electron chi connectivity index (χ2n) is 3.47. The van der Waals surface area contributed by atoms with Gasteiger partial charge in [-0.2, -0.15) is 0 Å². The van der Waals surface area contributed by atoms with Crippen LogP contribution in [0.4, 0.5) is 4.39 Å². The number of aryl methyl sites for hydroxylation is 1. The van der Waals surface area contributed by atoms with Crippen LogP contribution < -0.4 is 5.73 Å². The summed E-state index contributed by atoms with van der Waals surface area (Å²) < 4.78 is 13.1. The molecule has 1 atom stereocenters. The van der Waals surface area contributed by atoms with E-state index in [-0.39, 0.29) is 5.56 Å². The zero-order valence-electron chi connectivity index (χ0n) is 8.04. The minimum Gasteiger partial charge on any atom is -0.480 e. The first-order valence-corrected chi connectivity index (χ1v) is 4.14. The van der Waals surface area contributed by atoms with Crippen LogP contribution in [0.15, 0.2) is 18.2 Å². The lowest BCUT2D eigenvalue weighted by atomic mass is 9.92. The molecule has 0 spiro atoms. The molecule has 0 unspecified atom stereocenters. The molecule has 0 amide bonds. The van der Waals surface area contributed by atoms with Gasteiger partial charge in [-0.05, 0) is 31.0 Å². The molecule has 0 fully saturated rings. The van der Waals surface area contributed by atoms with Crippen LogP contribution in [0.25, 0.3) is 0 Å². The molecular formula is C10H12FNO2. The van der Waals surface area contributed by atoms with Gasteiger partial charge in [-0.25, -0.2) is 9.18 Å². The predicted molar refractivity (Wildman–Crippen MR) is 50.3 cm³/mol. The zero-order chi connectivity index (χ0) is 10.9. The summed E-state index contributed by atoms with van der Waals surface area (Å²) in [5.74, 6) is -1.62. The Morgan fingerprint density at radius 3 is 2.57 bits per heavy atom. The van der Waals surface area contributed by atoms with Crippen molar-refractivity contribution in [1.82, 2.24) is 0 Å². The van der Waals surface area contributed by atoms with E-state index < -0.39 is 17.3 Å². The lowest BCUT2D eigenvalue weighted by Gasteiger charge is -2.19. The first-order valence-electron chi connectivity index (χ1n) is 4.14. The van der Waals surface area contributed by atoms with Crippen molar-refractivity contribution in [3.8, 4) is 0 Å². The van der Waals surface area contributed by atoms with Crippen molar-refractivity contribution < 1.29 is 14.3 Å². The second kappa shape index (κ2) is 3.38. The van der Waals surface area contributed by atoms with Crippen LogP contribution in [0.1, 0.15) is 18.1 Å². The molecule has 0 saturated carbocycles. The molecule has 3 N–H and O–H groups in total. The van der Waals surface area contributed by atoms with Gasteiger partial charge in [-0.1, -0.05) is 12.1 Å². The summed E-state index contributed by atoms with van der Waals surface area (Å²) in [5, 5.41) is 8.81. The number of carbonyl (C=O) groups is 1. The number of rotatable bonds is 2. The van der Waals surface area contributed by atoms with Gasteiger partial charge in [0.25, 0.3) is 0 Å². The molecule has 0 aliphatic carbocycles. The molecule has 0 aliphatic rings. The maximum atomic E-state index is 13.1. The number of carboxylic acid groups (broad SMARTS) is 1. The maximum absolute atomic E-state index is 13.1. The summed E-state index contributed by atoms with van der Waals surface area (Å²) in [6.45, 7) is 2.94. The highest BCUT2D eigenvalue weighted by Gasteiger charge is 2.30. The Morgan fingerprint density at radius 1 is 1.57 bits per heavy atom. The molecule has 0 radical (unpaired) electrons. The van der Waals surface area contributed by atoms with E-state index in [1.54, 1.807) is 6.92 Å². The number of benzene rings is 1. The summed E-state index contributed by atoms with van der Waals surface area (Å²) in [6.07, 6.45) is 0. The Labute approximate surface area is 81.4 Å². The van der Waals surface area contributed by atoms with Crippen molar-refractivity contribution in [2.24, 2.45) is 5.73 Å². The van der Waals surface area contributed by atoms with Gasteiger partial charge < -0.3 is 10.8 Å². The Balaban J connectivity index is 3.21. The molecule has 0 saturated heterocycles. The molecule has 4 heteroatoms. The summed E-state index contributed by atoms with van der Waals surface area (Å²) in [6, 6.07) is 4.19. The molecule has 0 heterocycles. The molecule has 1 aromatic carbocycles. The van der Waals surface area contributed by atoms with Crippen molar-refractivity contribution in [3.63, 3.8) is 0 Å². The largest absolute Gasteiger partial charge is 0.480 e. The third-order valence-corrected chi connectivity index (χ3v) is 2.22. The van der Waals surface area contributed by atoms with Crippen molar-refractivity contribution in [2.45, 2.75) is 19.4 Å². The van der Waals surface area contributed by atoms with E-state index in [4.69, 9.17) is 10.8 Å². The summed E-state index contributed by atoms with van der Waals surface area (Å²) in [4.78, 5) is 10.8. The number of nitrogens with two attached hydrogens (primary N) is 1. The molecule has 14 heavy (non-hydrogen) atoms. The molecule has 76 valence electrons. The van der Waals surface area contributed by atoms with Crippen LogP contribution in [-0.4, -0.2) is 11.1 Å². The Hall–Kier alpha value is -1.42. The normalized spacial score (nSPS) is 14.9. The number of halogens is 1. The summed E-state index contributed by atoms with van der Waals surface area (Å²) in [7, 11) is 0. The van der Waals surface area contributed by atoms with Crippen molar-refractivity contribution in [1.29, 1.82) is 0 Å². The smallest absolute Gasteiger partial charge is 0.328 e. The SMILES string of the molecule is Cc1ccc([C@@](C)(N)C(=O)O)cc1F. The second-order valence-corrected chi connectivity index (χ2v) is 3.47. The van der Waals surface area contributed by atoms with Gasteiger partial charge in [-0.15, -0.1) is 0 Å². The van der Waals surface area contributed by atoms with Crippen molar-refractivity contribution in [2.75, 3.05) is 0 Å². The van der Waals surface area contributed by atoms with Gasteiger partial charge in [0.05, 0.1) is 0 Å². The highest BCUT2D eigenvalue weighted by atomic mass is 19.1. The van der Waals surface area contributed by atoms with E-state index in [1.807, 2.05) is 0 Å². The van der Waals surface area contributed by atoms with Crippen LogP contribution in [0.3, 0.4) is 0 Å². The molecular weight excluding hydrogens is 185 g/mol. The Morgan fingerprint density at radius 2 is 2.14 bits per heavy atom. The van der Waals surface area contributed by atoms with Gasteiger partial charge in [0.2, 0.25) is 0 Å². The molecule has 0 aliphatic heterocycles. The lowest BCUT2D eigenvalue weighted by molar-refractivity contribution is -0.143. The average Bonchev–Trinajstić information content (AvgIpc) is 2.09. The quantitative estimate of drug-likeness (QED) is 0.753. The third kappa shape index (κ3) is 1.75. The van der Waals surface area contributed by atoms with E-state index in [0.717, 1.165) is 6.07 Å². The Kier molecular flexibility index (Phi) is 2.57. The highest BCUT2D eigenvalue weighted by molar-refractivity contribution is 5.79. The van der Waals surface area contributed by atoms with Crippen LogP contribution in [0.5, 0.6) is 0 Å². The third-order valence-electron chi connectivity index (χ3n) is 2.22. The topological polar surface area (TPSA) is 63.3 Å². The maximum Gasteiger partial charge on any atom is 0.328 e. The van der Waals surface area contributed by atoms with E-state index >= 15 is 0 Å².